The highest BCUT2D eigenvalue weighted by Crippen LogP contribution is 2.19. The highest BCUT2D eigenvalue weighted by molar-refractivity contribution is 5.76. The summed E-state index contributed by atoms with van der Waals surface area (Å²) in [4.78, 5) is 24.6. The Morgan fingerprint density at radius 3 is 0.895 bits per heavy atom. The number of hydrogen-bond acceptors (Lipinski definition) is 5. The van der Waals surface area contributed by atoms with Crippen molar-refractivity contribution in [1.82, 2.24) is 5.32 Å². The molecule has 452 valence electrons. The average molecular weight is 1070 g/mol. The maximum absolute atomic E-state index is 12.5. The van der Waals surface area contributed by atoms with Gasteiger partial charge in [-0.3, -0.25) is 9.59 Å². The van der Waals surface area contributed by atoms with Crippen molar-refractivity contribution in [3.63, 3.8) is 0 Å². The lowest BCUT2D eigenvalue weighted by atomic mass is 10.0. The van der Waals surface area contributed by atoms with E-state index in [0.717, 1.165) is 38.5 Å². The second kappa shape index (κ2) is 66.1. The van der Waals surface area contributed by atoms with Crippen molar-refractivity contribution in [1.29, 1.82) is 0 Å². The number of aliphatic hydroxyl groups is 2. The number of unbranched alkanes of at least 4 members (excludes halogenated alkanes) is 55. The van der Waals surface area contributed by atoms with E-state index in [-0.39, 0.29) is 18.5 Å². The van der Waals surface area contributed by atoms with E-state index in [4.69, 9.17) is 4.74 Å². The average Bonchev–Trinajstić information content (AvgIpc) is 3.42. The predicted octanol–water partition coefficient (Wildman–Crippen LogP) is 22.4. The first-order valence-corrected chi connectivity index (χ1v) is 35.0. The Bertz CT molecular complexity index is 1140. The van der Waals surface area contributed by atoms with Gasteiger partial charge >= 0.3 is 5.97 Å². The van der Waals surface area contributed by atoms with Crippen LogP contribution in [-0.4, -0.2) is 47.4 Å². The number of rotatable bonds is 66. The molecule has 0 fully saturated rings. The van der Waals surface area contributed by atoms with Gasteiger partial charge in [0.1, 0.15) is 0 Å². The van der Waals surface area contributed by atoms with Gasteiger partial charge in [-0.15, -0.1) is 0 Å². The van der Waals surface area contributed by atoms with Crippen molar-refractivity contribution in [3.05, 3.63) is 12.2 Å². The lowest BCUT2D eigenvalue weighted by Gasteiger charge is -2.20. The molecule has 6 nitrogen and oxygen atoms in total. The molecule has 0 aromatic rings. The minimum absolute atomic E-state index is 0.0208. The van der Waals surface area contributed by atoms with Crippen molar-refractivity contribution in [2.75, 3.05) is 13.2 Å². The molecule has 0 heterocycles. The SMILES string of the molecule is CCCCCCCCCCCCCCCC/C=C/C(O)C(CO)NC(=O)CCCCCCCCCCCCCCCCCCCCCCCCCCOC(=O)CCCCCCCCCCCCCCCCCCCCC. The van der Waals surface area contributed by atoms with Crippen molar-refractivity contribution in [3.8, 4) is 0 Å². The van der Waals surface area contributed by atoms with E-state index in [9.17, 15) is 19.8 Å². The van der Waals surface area contributed by atoms with Gasteiger partial charge in [-0.2, -0.15) is 0 Å². The van der Waals surface area contributed by atoms with Crippen LogP contribution in [0.3, 0.4) is 0 Å². The number of carbonyl (C=O) groups excluding carboxylic acids is 2. The molecular formula is C70H137NO5. The Labute approximate surface area is 476 Å². The van der Waals surface area contributed by atoms with Gasteiger partial charge in [-0.25, -0.2) is 0 Å². The molecule has 0 aliphatic heterocycles. The zero-order valence-corrected chi connectivity index (χ0v) is 51.8. The first-order valence-electron chi connectivity index (χ1n) is 35.0. The number of ether oxygens (including phenoxy) is 1. The van der Waals surface area contributed by atoms with Crippen LogP contribution < -0.4 is 5.32 Å². The van der Waals surface area contributed by atoms with Crippen LogP contribution >= 0.6 is 0 Å². The molecule has 3 N–H and O–H groups in total. The van der Waals surface area contributed by atoms with E-state index >= 15 is 0 Å². The predicted molar refractivity (Wildman–Crippen MR) is 333 cm³/mol. The summed E-state index contributed by atoms with van der Waals surface area (Å²) >= 11 is 0. The van der Waals surface area contributed by atoms with E-state index < -0.39 is 12.1 Å². The Hall–Kier alpha value is -1.40. The fourth-order valence-electron chi connectivity index (χ4n) is 11.2. The number of aliphatic hydroxyl groups excluding tert-OH is 2. The van der Waals surface area contributed by atoms with Gasteiger partial charge in [-0.1, -0.05) is 366 Å². The van der Waals surface area contributed by atoms with E-state index in [2.05, 4.69) is 19.2 Å². The first-order chi connectivity index (χ1) is 37.5. The molecule has 2 unspecified atom stereocenters. The van der Waals surface area contributed by atoms with E-state index in [1.165, 1.54) is 334 Å². The number of hydrogen-bond donors (Lipinski definition) is 3. The van der Waals surface area contributed by atoms with Crippen molar-refractivity contribution in [2.45, 2.75) is 411 Å². The fraction of sp³-hybridized carbons (Fsp3) is 0.943. The minimum Gasteiger partial charge on any atom is -0.466 e. The van der Waals surface area contributed by atoms with Gasteiger partial charge < -0.3 is 20.3 Å². The zero-order valence-electron chi connectivity index (χ0n) is 51.8. The highest BCUT2D eigenvalue weighted by atomic mass is 16.5. The van der Waals surface area contributed by atoms with E-state index in [1.807, 2.05) is 6.08 Å². The van der Waals surface area contributed by atoms with E-state index in [1.54, 1.807) is 6.08 Å². The Morgan fingerprint density at radius 2 is 0.605 bits per heavy atom. The number of nitrogens with one attached hydrogen (secondary N) is 1. The molecule has 0 saturated carbocycles. The summed E-state index contributed by atoms with van der Waals surface area (Å²) < 4.78 is 5.51. The molecule has 0 aliphatic carbocycles. The van der Waals surface area contributed by atoms with Gasteiger partial charge in [-0.05, 0) is 32.1 Å². The summed E-state index contributed by atoms with van der Waals surface area (Å²) in [5.41, 5.74) is 0. The Morgan fingerprint density at radius 1 is 0.355 bits per heavy atom. The van der Waals surface area contributed by atoms with Gasteiger partial charge in [0, 0.05) is 12.8 Å². The molecule has 1 amide bonds. The van der Waals surface area contributed by atoms with Gasteiger partial charge in [0.05, 0.1) is 25.4 Å². The third-order valence-corrected chi connectivity index (χ3v) is 16.6. The Balaban J connectivity index is 3.35. The standard InChI is InChI=1S/C70H137NO5/c1-3-5-7-9-11-13-15-17-19-21-28-32-36-40-44-48-52-56-60-64-70(75)76-65-61-57-53-49-45-41-37-33-30-27-25-23-22-24-26-29-31-35-39-43-47-51-55-59-63-69(74)71-67(66-72)68(73)62-58-54-50-46-42-38-34-20-18-16-14-12-10-8-6-4-2/h58,62,67-68,72-73H,3-57,59-61,63-66H2,1-2H3,(H,71,74)/b62-58+. The lowest BCUT2D eigenvalue weighted by molar-refractivity contribution is -0.143. The Kier molecular flexibility index (Phi) is 64.9. The molecule has 0 aromatic carbocycles. The van der Waals surface area contributed by atoms with Crippen LogP contribution in [0.5, 0.6) is 0 Å². The third kappa shape index (κ3) is 61.8. The molecule has 76 heavy (non-hydrogen) atoms. The molecule has 0 radical (unpaired) electrons. The van der Waals surface area contributed by atoms with Crippen molar-refractivity contribution in [2.24, 2.45) is 0 Å². The number of allylic oxidation sites excluding steroid dienone is 1. The largest absolute Gasteiger partial charge is 0.466 e. The summed E-state index contributed by atoms with van der Waals surface area (Å²) in [6, 6.07) is -0.626. The summed E-state index contributed by atoms with van der Waals surface area (Å²) in [6.07, 6.45) is 81.4. The van der Waals surface area contributed by atoms with Crippen LogP contribution in [0.1, 0.15) is 399 Å². The van der Waals surface area contributed by atoms with Gasteiger partial charge in [0.25, 0.3) is 0 Å². The fourth-order valence-corrected chi connectivity index (χ4v) is 11.2. The van der Waals surface area contributed by atoms with Crippen molar-refractivity contribution < 1.29 is 24.5 Å². The van der Waals surface area contributed by atoms with Crippen LogP contribution in [0, 0.1) is 0 Å². The number of esters is 1. The van der Waals surface area contributed by atoms with Gasteiger partial charge in [0.15, 0.2) is 0 Å². The molecule has 0 bridgehead atoms. The maximum Gasteiger partial charge on any atom is 0.305 e. The smallest absolute Gasteiger partial charge is 0.305 e. The lowest BCUT2D eigenvalue weighted by Crippen LogP contribution is -2.45. The first kappa shape index (κ1) is 74.6. The quantitative estimate of drug-likeness (QED) is 0.0320. The third-order valence-electron chi connectivity index (χ3n) is 16.6. The molecular weight excluding hydrogens is 935 g/mol. The van der Waals surface area contributed by atoms with Crippen LogP contribution in [0.2, 0.25) is 0 Å². The second-order valence-corrected chi connectivity index (χ2v) is 24.2. The van der Waals surface area contributed by atoms with Gasteiger partial charge in [0.2, 0.25) is 5.91 Å². The molecule has 6 heteroatoms. The molecule has 0 saturated heterocycles. The second-order valence-electron chi connectivity index (χ2n) is 24.2. The maximum atomic E-state index is 12.5. The van der Waals surface area contributed by atoms with Crippen LogP contribution in [-0.2, 0) is 14.3 Å². The minimum atomic E-state index is -0.843. The normalized spacial score (nSPS) is 12.5. The molecule has 0 aliphatic rings. The molecule has 0 aromatic heterocycles. The summed E-state index contributed by atoms with van der Waals surface area (Å²) in [5, 5.41) is 23.2. The monoisotopic (exact) mass is 1070 g/mol. The van der Waals surface area contributed by atoms with Crippen molar-refractivity contribution >= 4 is 11.9 Å². The topological polar surface area (TPSA) is 95.9 Å². The summed E-state index contributed by atoms with van der Waals surface area (Å²) in [7, 11) is 0. The summed E-state index contributed by atoms with van der Waals surface area (Å²) in [6.45, 7) is 4.95. The van der Waals surface area contributed by atoms with E-state index in [0.29, 0.717) is 19.4 Å². The molecule has 0 spiro atoms. The summed E-state index contributed by atoms with van der Waals surface area (Å²) in [5.74, 6) is -0.0427. The molecule has 2 atom stereocenters. The highest BCUT2D eigenvalue weighted by Gasteiger charge is 2.18. The van der Waals surface area contributed by atoms with Crippen LogP contribution in [0.25, 0.3) is 0 Å². The molecule has 0 rings (SSSR count). The zero-order chi connectivity index (χ0) is 55.0. The van der Waals surface area contributed by atoms with Crippen LogP contribution in [0.4, 0.5) is 0 Å². The van der Waals surface area contributed by atoms with Crippen LogP contribution in [0.15, 0.2) is 12.2 Å². The number of carbonyl (C=O) groups is 2. The number of amides is 1.